The molecule has 1 aliphatic carbocycles. The Bertz CT molecular complexity index is 532. The van der Waals surface area contributed by atoms with Gasteiger partial charge in [-0.05, 0) is 42.7 Å². The fourth-order valence-corrected chi connectivity index (χ4v) is 2.28. The van der Waals surface area contributed by atoms with Crippen LogP contribution in [0.5, 0.6) is 11.5 Å². The number of nitrogens with two attached hydrogens (primary N) is 1. The van der Waals surface area contributed by atoms with Crippen LogP contribution in [0.3, 0.4) is 0 Å². The number of para-hydroxylation sites is 1. The zero-order chi connectivity index (χ0) is 12.4. The largest absolute Gasteiger partial charge is 0.457 e. The zero-order valence-corrected chi connectivity index (χ0v) is 10.3. The van der Waals surface area contributed by atoms with E-state index in [0.29, 0.717) is 0 Å². The molecule has 18 heavy (non-hydrogen) atoms. The molecule has 2 heteroatoms. The number of rotatable bonds is 4. The van der Waals surface area contributed by atoms with Crippen molar-refractivity contribution in [1.82, 2.24) is 0 Å². The van der Waals surface area contributed by atoms with Gasteiger partial charge in [-0.3, -0.25) is 0 Å². The lowest BCUT2D eigenvalue weighted by atomic mass is 9.96. The van der Waals surface area contributed by atoms with Crippen molar-refractivity contribution in [3.63, 3.8) is 0 Å². The summed E-state index contributed by atoms with van der Waals surface area (Å²) in [6, 6.07) is 18.2. The van der Waals surface area contributed by atoms with Crippen molar-refractivity contribution in [2.75, 3.05) is 6.54 Å². The molecule has 1 saturated carbocycles. The molecule has 0 aliphatic heterocycles. The molecular weight excluding hydrogens is 222 g/mol. The van der Waals surface area contributed by atoms with Crippen molar-refractivity contribution in [2.24, 2.45) is 5.73 Å². The van der Waals surface area contributed by atoms with E-state index in [1.807, 2.05) is 42.5 Å². The highest BCUT2D eigenvalue weighted by atomic mass is 16.5. The van der Waals surface area contributed by atoms with Crippen LogP contribution in [0.15, 0.2) is 54.6 Å². The van der Waals surface area contributed by atoms with Gasteiger partial charge in [0.1, 0.15) is 11.5 Å². The lowest BCUT2D eigenvalue weighted by Gasteiger charge is -2.14. The molecule has 0 unspecified atom stereocenters. The van der Waals surface area contributed by atoms with Gasteiger partial charge in [0.2, 0.25) is 0 Å². The maximum Gasteiger partial charge on any atom is 0.127 e. The monoisotopic (exact) mass is 239 g/mol. The first-order valence-corrected chi connectivity index (χ1v) is 6.36. The Hall–Kier alpha value is -1.80. The Morgan fingerprint density at radius 1 is 0.944 bits per heavy atom. The SMILES string of the molecule is NCC1(c2cccc(Oc3ccccc3)c2)CC1. The molecule has 1 aliphatic rings. The second-order valence-electron chi connectivity index (χ2n) is 4.93. The van der Waals surface area contributed by atoms with Gasteiger partial charge in [0.15, 0.2) is 0 Å². The molecule has 0 atom stereocenters. The maximum atomic E-state index is 5.86. The standard InChI is InChI=1S/C16H17NO/c17-12-16(9-10-16)13-5-4-8-15(11-13)18-14-6-2-1-3-7-14/h1-8,11H,9-10,12,17H2. The summed E-state index contributed by atoms with van der Waals surface area (Å²) in [7, 11) is 0. The summed E-state index contributed by atoms with van der Waals surface area (Å²) in [6.45, 7) is 0.724. The number of hydrogen-bond acceptors (Lipinski definition) is 2. The van der Waals surface area contributed by atoms with Gasteiger partial charge in [0.25, 0.3) is 0 Å². The zero-order valence-electron chi connectivity index (χ0n) is 10.3. The molecular formula is C16H17NO. The van der Waals surface area contributed by atoms with Gasteiger partial charge in [-0.15, -0.1) is 0 Å². The van der Waals surface area contributed by atoms with Crippen molar-refractivity contribution < 1.29 is 4.74 Å². The second kappa shape index (κ2) is 4.46. The quantitative estimate of drug-likeness (QED) is 0.886. The van der Waals surface area contributed by atoms with Crippen molar-refractivity contribution >= 4 is 0 Å². The number of benzene rings is 2. The van der Waals surface area contributed by atoms with Crippen LogP contribution >= 0.6 is 0 Å². The molecule has 0 heterocycles. The molecule has 0 bridgehead atoms. The van der Waals surface area contributed by atoms with E-state index < -0.39 is 0 Å². The normalized spacial score (nSPS) is 16.3. The number of ether oxygens (including phenoxy) is 1. The molecule has 2 aromatic rings. The third-order valence-electron chi connectivity index (χ3n) is 3.67. The van der Waals surface area contributed by atoms with E-state index in [1.165, 1.54) is 18.4 Å². The smallest absolute Gasteiger partial charge is 0.127 e. The molecule has 92 valence electrons. The van der Waals surface area contributed by atoms with Gasteiger partial charge in [0, 0.05) is 12.0 Å². The van der Waals surface area contributed by atoms with Crippen LogP contribution in [0.2, 0.25) is 0 Å². The molecule has 2 aromatic carbocycles. The maximum absolute atomic E-state index is 5.86. The average molecular weight is 239 g/mol. The molecule has 0 aromatic heterocycles. The summed E-state index contributed by atoms with van der Waals surface area (Å²) in [6.07, 6.45) is 2.39. The molecule has 2 N–H and O–H groups in total. The van der Waals surface area contributed by atoms with E-state index in [0.717, 1.165) is 18.0 Å². The first-order chi connectivity index (χ1) is 8.82. The third-order valence-corrected chi connectivity index (χ3v) is 3.67. The first-order valence-electron chi connectivity index (χ1n) is 6.36. The minimum absolute atomic E-state index is 0.218. The molecule has 0 amide bonds. The molecule has 1 fully saturated rings. The molecule has 2 nitrogen and oxygen atoms in total. The fourth-order valence-electron chi connectivity index (χ4n) is 2.28. The third kappa shape index (κ3) is 2.12. The predicted octanol–water partition coefficient (Wildman–Crippen LogP) is 3.47. The van der Waals surface area contributed by atoms with E-state index in [2.05, 4.69) is 12.1 Å². The van der Waals surface area contributed by atoms with E-state index >= 15 is 0 Å². The minimum Gasteiger partial charge on any atom is -0.457 e. The summed E-state index contributed by atoms with van der Waals surface area (Å²) in [4.78, 5) is 0. The molecule has 0 spiro atoms. The van der Waals surface area contributed by atoms with Gasteiger partial charge in [-0.2, -0.15) is 0 Å². The molecule has 0 saturated heterocycles. The molecule has 3 rings (SSSR count). The van der Waals surface area contributed by atoms with Gasteiger partial charge in [-0.1, -0.05) is 30.3 Å². The highest BCUT2D eigenvalue weighted by molar-refractivity contribution is 5.40. The Morgan fingerprint density at radius 2 is 1.67 bits per heavy atom. The Kier molecular flexibility index (Phi) is 2.80. The van der Waals surface area contributed by atoms with Crippen LogP contribution in [0, 0.1) is 0 Å². The van der Waals surface area contributed by atoms with E-state index in [9.17, 15) is 0 Å². The van der Waals surface area contributed by atoms with Crippen LogP contribution in [-0.4, -0.2) is 6.54 Å². The van der Waals surface area contributed by atoms with Crippen LogP contribution < -0.4 is 10.5 Å². The van der Waals surface area contributed by atoms with Gasteiger partial charge in [-0.25, -0.2) is 0 Å². The summed E-state index contributed by atoms with van der Waals surface area (Å²) in [5, 5.41) is 0. The predicted molar refractivity (Wildman–Crippen MR) is 72.9 cm³/mol. The summed E-state index contributed by atoms with van der Waals surface area (Å²) in [5.74, 6) is 1.76. The highest BCUT2D eigenvalue weighted by Crippen LogP contribution is 2.47. The van der Waals surface area contributed by atoms with Crippen LogP contribution in [-0.2, 0) is 5.41 Å². The van der Waals surface area contributed by atoms with Crippen molar-refractivity contribution in [1.29, 1.82) is 0 Å². The summed E-state index contributed by atoms with van der Waals surface area (Å²) >= 11 is 0. The Morgan fingerprint density at radius 3 is 2.33 bits per heavy atom. The molecule has 0 radical (unpaired) electrons. The Balaban J connectivity index is 1.84. The minimum atomic E-state index is 0.218. The van der Waals surface area contributed by atoms with Crippen molar-refractivity contribution in [3.05, 3.63) is 60.2 Å². The summed E-state index contributed by atoms with van der Waals surface area (Å²) in [5.41, 5.74) is 7.39. The topological polar surface area (TPSA) is 35.2 Å². The van der Waals surface area contributed by atoms with Gasteiger partial charge >= 0.3 is 0 Å². The van der Waals surface area contributed by atoms with E-state index in [4.69, 9.17) is 10.5 Å². The second-order valence-corrected chi connectivity index (χ2v) is 4.93. The van der Waals surface area contributed by atoms with Crippen LogP contribution in [0.25, 0.3) is 0 Å². The fraction of sp³-hybridized carbons (Fsp3) is 0.250. The summed E-state index contributed by atoms with van der Waals surface area (Å²) < 4.78 is 5.85. The van der Waals surface area contributed by atoms with E-state index in [1.54, 1.807) is 0 Å². The van der Waals surface area contributed by atoms with E-state index in [-0.39, 0.29) is 5.41 Å². The highest BCUT2D eigenvalue weighted by Gasteiger charge is 2.42. The van der Waals surface area contributed by atoms with Gasteiger partial charge in [0.05, 0.1) is 0 Å². The van der Waals surface area contributed by atoms with Crippen LogP contribution in [0.4, 0.5) is 0 Å². The Labute approximate surface area is 107 Å². The van der Waals surface area contributed by atoms with Crippen molar-refractivity contribution in [3.8, 4) is 11.5 Å². The number of hydrogen-bond donors (Lipinski definition) is 1. The first kappa shape index (κ1) is 11.3. The van der Waals surface area contributed by atoms with Gasteiger partial charge < -0.3 is 10.5 Å². The lowest BCUT2D eigenvalue weighted by molar-refractivity contribution is 0.481. The van der Waals surface area contributed by atoms with Crippen molar-refractivity contribution in [2.45, 2.75) is 18.3 Å². The lowest BCUT2D eigenvalue weighted by Crippen LogP contribution is -2.19. The average Bonchev–Trinajstić information content (AvgIpc) is 3.21. The van der Waals surface area contributed by atoms with Crippen LogP contribution in [0.1, 0.15) is 18.4 Å².